The van der Waals surface area contributed by atoms with Crippen molar-refractivity contribution in [1.82, 2.24) is 9.55 Å². The lowest BCUT2D eigenvalue weighted by molar-refractivity contribution is -0.00428. The average molecular weight is 293 g/mol. The quantitative estimate of drug-likeness (QED) is 0.864. The van der Waals surface area contributed by atoms with Crippen molar-refractivity contribution < 1.29 is 4.74 Å². The summed E-state index contributed by atoms with van der Waals surface area (Å²) in [5, 5.41) is 0. The number of ether oxygens (including phenoxy) is 1. The highest BCUT2D eigenvalue weighted by molar-refractivity contribution is 5.23. The van der Waals surface area contributed by atoms with E-state index in [1.807, 2.05) is 0 Å². The lowest BCUT2D eigenvalue weighted by atomic mass is 9.65. The number of hydrogen-bond donors (Lipinski definition) is 1. The van der Waals surface area contributed by atoms with E-state index < -0.39 is 0 Å². The first-order valence-corrected chi connectivity index (χ1v) is 7.48. The molecule has 5 nitrogen and oxygen atoms in total. The number of rotatable bonds is 1. The highest BCUT2D eigenvalue weighted by atomic mass is 16.5. The second-order valence-corrected chi connectivity index (χ2v) is 8.13. The van der Waals surface area contributed by atoms with Gasteiger partial charge in [-0.2, -0.15) is 4.98 Å². The van der Waals surface area contributed by atoms with E-state index in [2.05, 4.69) is 46.5 Å². The van der Waals surface area contributed by atoms with Crippen molar-refractivity contribution in [1.29, 1.82) is 0 Å². The predicted molar refractivity (Wildman–Crippen MR) is 83.8 cm³/mol. The Labute approximate surface area is 126 Å². The Morgan fingerprint density at radius 2 is 1.86 bits per heavy atom. The molecule has 1 aromatic heterocycles. The van der Waals surface area contributed by atoms with Crippen LogP contribution < -0.4 is 11.4 Å². The summed E-state index contributed by atoms with van der Waals surface area (Å²) in [7, 11) is 0. The summed E-state index contributed by atoms with van der Waals surface area (Å²) in [6, 6.07) is 1.65. The van der Waals surface area contributed by atoms with Crippen LogP contribution in [0.15, 0.2) is 17.1 Å². The maximum Gasteiger partial charge on any atom is 0.351 e. The van der Waals surface area contributed by atoms with Gasteiger partial charge in [0.25, 0.3) is 0 Å². The van der Waals surface area contributed by atoms with Gasteiger partial charge in [0, 0.05) is 12.1 Å². The molecule has 1 unspecified atom stereocenters. The molecule has 0 aliphatic carbocycles. The molecule has 1 aliphatic heterocycles. The normalized spacial score (nSPS) is 27.0. The lowest BCUT2D eigenvalue weighted by Crippen LogP contribution is -2.39. The Morgan fingerprint density at radius 3 is 2.33 bits per heavy atom. The van der Waals surface area contributed by atoms with Gasteiger partial charge in [-0.3, -0.25) is 4.57 Å². The van der Waals surface area contributed by atoms with Crippen molar-refractivity contribution >= 4 is 5.82 Å². The van der Waals surface area contributed by atoms with Crippen molar-refractivity contribution in [3.8, 4) is 0 Å². The minimum Gasteiger partial charge on any atom is -0.383 e. The van der Waals surface area contributed by atoms with E-state index >= 15 is 0 Å². The highest BCUT2D eigenvalue weighted by Gasteiger charge is 2.49. The third-order valence-electron chi connectivity index (χ3n) is 4.43. The fraction of sp³-hybridized carbons (Fsp3) is 0.750. The van der Waals surface area contributed by atoms with E-state index in [1.54, 1.807) is 16.8 Å². The summed E-state index contributed by atoms with van der Waals surface area (Å²) in [6.45, 7) is 14.0. The van der Waals surface area contributed by atoms with Crippen molar-refractivity contribution in [2.75, 3.05) is 12.3 Å². The molecular weight excluding hydrogens is 266 g/mol. The van der Waals surface area contributed by atoms with Crippen LogP contribution in [0.1, 0.15) is 47.8 Å². The summed E-state index contributed by atoms with van der Waals surface area (Å²) in [6.07, 6.45) is 1.41. The number of nitrogen functional groups attached to an aromatic ring is 1. The van der Waals surface area contributed by atoms with Gasteiger partial charge in [0.2, 0.25) is 0 Å². The molecule has 118 valence electrons. The monoisotopic (exact) mass is 293 g/mol. The molecule has 0 saturated carbocycles. The van der Waals surface area contributed by atoms with Crippen LogP contribution in [0.5, 0.6) is 0 Å². The number of aromatic nitrogens is 2. The van der Waals surface area contributed by atoms with E-state index in [9.17, 15) is 4.79 Å². The third-order valence-corrected chi connectivity index (χ3v) is 4.43. The molecule has 2 rings (SSSR count). The lowest BCUT2D eigenvalue weighted by Gasteiger charge is -2.40. The zero-order valence-corrected chi connectivity index (χ0v) is 13.9. The molecule has 1 fully saturated rings. The standard InChI is InChI=1S/C16H27N3O2/c1-15(2,3)10-9-21-13(12(10)16(4,5)6)19-8-7-11(17)18-14(19)20/h7-8,10,12-13H,9H2,1-6H3,(H2,17,18,20)/t10-,12?,13-/m1/s1. The highest BCUT2D eigenvalue weighted by Crippen LogP contribution is 2.51. The molecule has 0 bridgehead atoms. The van der Waals surface area contributed by atoms with E-state index in [-0.39, 0.29) is 34.5 Å². The van der Waals surface area contributed by atoms with Crippen LogP contribution in [-0.4, -0.2) is 16.2 Å². The molecule has 2 heterocycles. The molecule has 21 heavy (non-hydrogen) atoms. The molecule has 0 aromatic carbocycles. The van der Waals surface area contributed by atoms with E-state index in [4.69, 9.17) is 10.5 Å². The first kappa shape index (κ1) is 16.0. The maximum atomic E-state index is 12.1. The molecule has 3 atom stereocenters. The Bertz CT molecular complexity index is 566. The van der Waals surface area contributed by atoms with Crippen LogP contribution in [0.3, 0.4) is 0 Å². The molecule has 0 radical (unpaired) electrons. The second-order valence-electron chi connectivity index (χ2n) is 8.13. The van der Waals surface area contributed by atoms with Crippen LogP contribution in [0, 0.1) is 22.7 Å². The minimum absolute atomic E-state index is 0.0277. The zero-order chi connectivity index (χ0) is 16.0. The molecule has 0 spiro atoms. The summed E-state index contributed by atoms with van der Waals surface area (Å²) in [5.41, 5.74) is 5.38. The molecule has 1 aliphatic rings. The van der Waals surface area contributed by atoms with Gasteiger partial charge in [0.05, 0.1) is 6.61 Å². The first-order valence-electron chi connectivity index (χ1n) is 7.48. The molecular formula is C16H27N3O2. The summed E-state index contributed by atoms with van der Waals surface area (Å²) in [4.78, 5) is 16.0. The van der Waals surface area contributed by atoms with Crippen molar-refractivity contribution in [3.63, 3.8) is 0 Å². The Balaban J connectivity index is 2.46. The number of nitrogens with zero attached hydrogens (tertiary/aromatic N) is 2. The molecule has 5 heteroatoms. The topological polar surface area (TPSA) is 70.1 Å². The zero-order valence-electron chi connectivity index (χ0n) is 13.9. The van der Waals surface area contributed by atoms with Crippen LogP contribution in [0.4, 0.5) is 5.82 Å². The van der Waals surface area contributed by atoms with Crippen molar-refractivity contribution in [2.45, 2.75) is 47.8 Å². The van der Waals surface area contributed by atoms with Crippen molar-refractivity contribution in [3.05, 3.63) is 22.7 Å². The Hall–Kier alpha value is -1.36. The fourth-order valence-corrected chi connectivity index (χ4v) is 3.30. The van der Waals surface area contributed by atoms with Crippen LogP contribution >= 0.6 is 0 Å². The predicted octanol–water partition coefficient (Wildman–Crippen LogP) is 2.68. The number of hydrogen-bond acceptors (Lipinski definition) is 4. The molecule has 1 aromatic rings. The van der Waals surface area contributed by atoms with Crippen molar-refractivity contribution in [2.24, 2.45) is 22.7 Å². The third kappa shape index (κ3) is 3.12. The smallest absolute Gasteiger partial charge is 0.351 e. The first-order chi connectivity index (χ1) is 9.51. The van der Waals surface area contributed by atoms with Gasteiger partial charge in [0.1, 0.15) is 12.0 Å². The van der Waals surface area contributed by atoms with Gasteiger partial charge >= 0.3 is 5.69 Å². The van der Waals surface area contributed by atoms with Gasteiger partial charge in [0.15, 0.2) is 0 Å². The number of anilines is 1. The van der Waals surface area contributed by atoms with Gasteiger partial charge in [-0.05, 0) is 22.8 Å². The van der Waals surface area contributed by atoms with E-state index in [0.29, 0.717) is 12.5 Å². The van der Waals surface area contributed by atoms with Crippen LogP contribution in [0.25, 0.3) is 0 Å². The van der Waals surface area contributed by atoms with Crippen LogP contribution in [-0.2, 0) is 4.74 Å². The largest absolute Gasteiger partial charge is 0.383 e. The maximum absolute atomic E-state index is 12.1. The SMILES string of the molecule is CC(C)(C)C1[C@H](n2ccc(N)nc2=O)OC[C@H]1C(C)(C)C. The van der Waals surface area contributed by atoms with Gasteiger partial charge < -0.3 is 10.5 Å². The second kappa shape index (κ2) is 5.13. The summed E-state index contributed by atoms with van der Waals surface area (Å²) in [5.74, 6) is 0.863. The van der Waals surface area contributed by atoms with E-state index in [0.717, 1.165) is 0 Å². The average Bonchev–Trinajstić information content (AvgIpc) is 2.72. The number of nitrogens with two attached hydrogens (primary N) is 1. The molecule has 2 N–H and O–H groups in total. The van der Waals surface area contributed by atoms with Gasteiger partial charge in [-0.25, -0.2) is 4.79 Å². The van der Waals surface area contributed by atoms with Gasteiger partial charge in [-0.1, -0.05) is 41.5 Å². The Kier molecular flexibility index (Phi) is 3.91. The molecule has 0 amide bonds. The fourth-order valence-electron chi connectivity index (χ4n) is 3.30. The summed E-state index contributed by atoms with van der Waals surface area (Å²) >= 11 is 0. The summed E-state index contributed by atoms with van der Waals surface area (Å²) < 4.78 is 7.60. The van der Waals surface area contributed by atoms with E-state index in [1.165, 1.54) is 0 Å². The minimum atomic E-state index is -0.344. The van der Waals surface area contributed by atoms with Gasteiger partial charge in [-0.15, -0.1) is 0 Å². The Morgan fingerprint density at radius 1 is 1.24 bits per heavy atom. The van der Waals surface area contributed by atoms with Crippen LogP contribution in [0.2, 0.25) is 0 Å². The molecule has 1 saturated heterocycles.